The highest BCUT2D eigenvalue weighted by atomic mass is 16.3. The normalized spacial score (nSPS) is 12.8. The van der Waals surface area contributed by atoms with Crippen LogP contribution >= 0.6 is 0 Å². The first-order chi connectivity index (χ1) is 9.20. The Morgan fingerprint density at radius 2 is 2.26 bits per heavy atom. The molecule has 0 amide bonds. The molecule has 2 aromatic rings. The molecule has 0 radical (unpaired) electrons. The van der Waals surface area contributed by atoms with Gasteiger partial charge in [0.1, 0.15) is 5.76 Å². The third-order valence-electron chi connectivity index (χ3n) is 3.34. The van der Waals surface area contributed by atoms with Gasteiger partial charge in [0.2, 0.25) is 0 Å². The smallest absolute Gasteiger partial charge is 0.120 e. The monoisotopic (exact) mass is 261 g/mol. The van der Waals surface area contributed by atoms with Crippen molar-refractivity contribution >= 4 is 0 Å². The first-order valence-electron chi connectivity index (χ1n) is 6.98. The topological polar surface area (TPSA) is 43.0 Å². The minimum atomic E-state index is 0.315. The first-order valence-corrected chi connectivity index (χ1v) is 6.98. The largest absolute Gasteiger partial charge is 0.468 e. The molecule has 1 unspecified atom stereocenters. The van der Waals surface area contributed by atoms with Crippen LogP contribution < -0.4 is 5.32 Å². The summed E-state index contributed by atoms with van der Waals surface area (Å²) in [4.78, 5) is 0. The van der Waals surface area contributed by atoms with Crippen LogP contribution in [0.2, 0.25) is 0 Å². The van der Waals surface area contributed by atoms with Crippen LogP contribution in [0, 0.1) is 13.8 Å². The maximum absolute atomic E-state index is 5.44. The number of hydrogen-bond donors (Lipinski definition) is 1. The van der Waals surface area contributed by atoms with E-state index in [0.29, 0.717) is 6.04 Å². The van der Waals surface area contributed by atoms with Crippen molar-refractivity contribution in [2.45, 2.75) is 46.2 Å². The Balaban J connectivity index is 1.76. The van der Waals surface area contributed by atoms with Crippen LogP contribution in [0.15, 0.2) is 28.9 Å². The lowest BCUT2D eigenvalue weighted by molar-refractivity contribution is 0.395. The van der Waals surface area contributed by atoms with Gasteiger partial charge in [0.05, 0.1) is 18.0 Å². The molecule has 104 valence electrons. The van der Waals surface area contributed by atoms with Gasteiger partial charge in [-0.3, -0.25) is 4.68 Å². The molecule has 2 heterocycles. The lowest BCUT2D eigenvalue weighted by atomic mass is 10.1. The molecular weight excluding hydrogens is 238 g/mol. The Labute approximate surface area is 114 Å². The molecule has 4 heteroatoms. The number of nitrogens with one attached hydrogen (secondary N) is 1. The Hall–Kier alpha value is -1.55. The molecule has 4 nitrogen and oxygen atoms in total. The molecule has 1 atom stereocenters. The van der Waals surface area contributed by atoms with E-state index < -0.39 is 0 Å². The first kappa shape index (κ1) is 13.9. The molecule has 0 saturated heterocycles. The van der Waals surface area contributed by atoms with E-state index >= 15 is 0 Å². The molecule has 2 rings (SSSR count). The molecule has 19 heavy (non-hydrogen) atoms. The van der Waals surface area contributed by atoms with Crippen LogP contribution in [-0.2, 0) is 6.54 Å². The number of rotatable bonds is 7. The van der Waals surface area contributed by atoms with E-state index in [0.717, 1.165) is 37.4 Å². The molecular formula is C15H23N3O. The number of aryl methyl sites for hydroxylation is 3. The quantitative estimate of drug-likeness (QED) is 0.778. The fourth-order valence-corrected chi connectivity index (χ4v) is 2.34. The van der Waals surface area contributed by atoms with E-state index in [1.165, 1.54) is 5.69 Å². The van der Waals surface area contributed by atoms with Gasteiger partial charge in [0.15, 0.2) is 0 Å². The van der Waals surface area contributed by atoms with Crippen molar-refractivity contribution in [2.75, 3.05) is 6.54 Å². The summed E-state index contributed by atoms with van der Waals surface area (Å²) >= 11 is 0. The van der Waals surface area contributed by atoms with Crippen molar-refractivity contribution in [3.8, 4) is 0 Å². The molecule has 0 spiro atoms. The average molecular weight is 261 g/mol. The Morgan fingerprint density at radius 1 is 1.42 bits per heavy atom. The third kappa shape index (κ3) is 3.70. The van der Waals surface area contributed by atoms with Crippen molar-refractivity contribution < 1.29 is 4.42 Å². The number of nitrogens with zero attached hydrogens (tertiary/aromatic N) is 2. The van der Waals surface area contributed by atoms with Crippen LogP contribution in [0.25, 0.3) is 0 Å². The molecule has 2 aromatic heterocycles. The highest BCUT2D eigenvalue weighted by molar-refractivity contribution is 5.06. The SMILES string of the molecule is CCC(NCCCn1nc(C)cc1C)c1ccco1. The van der Waals surface area contributed by atoms with Crippen molar-refractivity contribution in [2.24, 2.45) is 0 Å². The van der Waals surface area contributed by atoms with E-state index in [2.05, 4.69) is 35.0 Å². The molecule has 0 aliphatic carbocycles. The maximum Gasteiger partial charge on any atom is 0.120 e. The summed E-state index contributed by atoms with van der Waals surface area (Å²) in [5, 5.41) is 8.00. The van der Waals surface area contributed by atoms with Crippen molar-refractivity contribution in [3.63, 3.8) is 0 Å². The van der Waals surface area contributed by atoms with E-state index in [1.54, 1.807) is 6.26 Å². The standard InChI is InChI=1S/C15H23N3O/c1-4-14(15-7-5-10-19-15)16-8-6-9-18-13(3)11-12(2)17-18/h5,7,10-11,14,16H,4,6,8-9H2,1-3H3. The highest BCUT2D eigenvalue weighted by Crippen LogP contribution is 2.16. The van der Waals surface area contributed by atoms with E-state index in [1.807, 2.05) is 19.1 Å². The highest BCUT2D eigenvalue weighted by Gasteiger charge is 2.10. The molecule has 0 aliphatic rings. The lowest BCUT2D eigenvalue weighted by Gasteiger charge is -2.14. The zero-order valence-corrected chi connectivity index (χ0v) is 12.0. The van der Waals surface area contributed by atoms with Crippen LogP contribution in [0.5, 0.6) is 0 Å². The fourth-order valence-electron chi connectivity index (χ4n) is 2.34. The second kappa shape index (κ2) is 6.57. The summed E-state index contributed by atoms with van der Waals surface area (Å²) in [6, 6.07) is 6.40. The van der Waals surface area contributed by atoms with Gasteiger partial charge in [-0.05, 0) is 51.4 Å². The van der Waals surface area contributed by atoms with Gasteiger partial charge in [-0.25, -0.2) is 0 Å². The third-order valence-corrected chi connectivity index (χ3v) is 3.34. The van der Waals surface area contributed by atoms with Crippen LogP contribution in [0.4, 0.5) is 0 Å². The number of hydrogen-bond acceptors (Lipinski definition) is 3. The predicted octanol–water partition coefficient (Wildman–Crippen LogP) is 3.22. The van der Waals surface area contributed by atoms with E-state index in [9.17, 15) is 0 Å². The van der Waals surface area contributed by atoms with Gasteiger partial charge < -0.3 is 9.73 Å². The maximum atomic E-state index is 5.44. The average Bonchev–Trinajstić information content (AvgIpc) is 3.00. The fraction of sp³-hybridized carbons (Fsp3) is 0.533. The summed E-state index contributed by atoms with van der Waals surface area (Å²) in [6.07, 6.45) is 3.84. The summed E-state index contributed by atoms with van der Waals surface area (Å²) in [6.45, 7) is 8.23. The lowest BCUT2D eigenvalue weighted by Crippen LogP contribution is -2.22. The van der Waals surface area contributed by atoms with Crippen molar-refractivity contribution in [1.82, 2.24) is 15.1 Å². The van der Waals surface area contributed by atoms with Gasteiger partial charge in [-0.15, -0.1) is 0 Å². The summed E-state index contributed by atoms with van der Waals surface area (Å²) < 4.78 is 7.52. The van der Waals surface area contributed by atoms with Gasteiger partial charge in [-0.1, -0.05) is 6.92 Å². The minimum Gasteiger partial charge on any atom is -0.468 e. The zero-order chi connectivity index (χ0) is 13.7. The molecule has 0 aliphatic heterocycles. The Morgan fingerprint density at radius 3 is 2.84 bits per heavy atom. The Kier molecular flexibility index (Phi) is 4.80. The Bertz CT molecular complexity index is 487. The second-order valence-electron chi connectivity index (χ2n) is 4.93. The molecule has 1 N–H and O–H groups in total. The number of furan rings is 1. The van der Waals surface area contributed by atoms with Gasteiger partial charge in [0.25, 0.3) is 0 Å². The van der Waals surface area contributed by atoms with Crippen LogP contribution in [0.3, 0.4) is 0 Å². The molecule has 0 bridgehead atoms. The van der Waals surface area contributed by atoms with E-state index in [-0.39, 0.29) is 0 Å². The van der Waals surface area contributed by atoms with Crippen LogP contribution in [0.1, 0.15) is 43.0 Å². The molecule has 0 aromatic carbocycles. The zero-order valence-electron chi connectivity index (χ0n) is 12.0. The van der Waals surface area contributed by atoms with Gasteiger partial charge >= 0.3 is 0 Å². The molecule has 0 fully saturated rings. The van der Waals surface area contributed by atoms with Crippen molar-refractivity contribution in [1.29, 1.82) is 0 Å². The summed E-state index contributed by atoms with van der Waals surface area (Å²) in [5.74, 6) is 1.02. The van der Waals surface area contributed by atoms with Crippen LogP contribution in [-0.4, -0.2) is 16.3 Å². The van der Waals surface area contributed by atoms with Gasteiger partial charge in [0, 0.05) is 12.2 Å². The van der Waals surface area contributed by atoms with Crippen molar-refractivity contribution in [3.05, 3.63) is 41.6 Å². The molecule has 0 saturated carbocycles. The summed E-state index contributed by atoms with van der Waals surface area (Å²) in [7, 11) is 0. The predicted molar refractivity (Wildman–Crippen MR) is 76.1 cm³/mol. The second-order valence-corrected chi connectivity index (χ2v) is 4.93. The van der Waals surface area contributed by atoms with Gasteiger partial charge in [-0.2, -0.15) is 5.10 Å². The van der Waals surface area contributed by atoms with E-state index in [4.69, 9.17) is 4.42 Å². The minimum absolute atomic E-state index is 0.315. The number of aromatic nitrogens is 2. The summed E-state index contributed by atoms with van der Waals surface area (Å²) in [5.41, 5.74) is 2.32.